The van der Waals surface area contributed by atoms with Crippen LogP contribution < -0.4 is 16.4 Å². The van der Waals surface area contributed by atoms with Crippen molar-refractivity contribution in [2.45, 2.75) is 37.1 Å². The average Bonchev–Trinajstić information content (AvgIpc) is 2.80. The molecule has 3 rings (SSSR count). The molecule has 4 N–H and O–H groups in total. The van der Waals surface area contributed by atoms with Crippen LogP contribution in [0.15, 0.2) is 42.5 Å². The fraction of sp³-hybridized carbons (Fsp3) is 0.250. The summed E-state index contributed by atoms with van der Waals surface area (Å²) < 4.78 is 253. The van der Waals surface area contributed by atoms with Gasteiger partial charge in [0.05, 0.1) is 45.0 Å². The molecule has 0 atom stereocenters. The van der Waals surface area contributed by atoms with E-state index >= 15 is 0 Å². The molecular formula is C24H11F18N3. The van der Waals surface area contributed by atoms with Crippen molar-refractivity contribution in [3.63, 3.8) is 0 Å². The van der Waals surface area contributed by atoms with Crippen molar-refractivity contribution in [3.05, 3.63) is 75.8 Å². The molecule has 248 valence electrons. The molecule has 0 bridgehead atoms. The fourth-order valence-electron chi connectivity index (χ4n) is 4.26. The van der Waals surface area contributed by atoms with Crippen LogP contribution in [0.2, 0.25) is 0 Å². The third kappa shape index (κ3) is 6.75. The largest absolute Gasteiger partial charge is 0.420 e. The molecule has 0 saturated carbocycles. The summed E-state index contributed by atoms with van der Waals surface area (Å²) in [5.41, 5.74) is -20.8. The van der Waals surface area contributed by atoms with E-state index < -0.39 is 116 Å². The first kappa shape index (κ1) is 35.3. The molecule has 0 aliphatic rings. The van der Waals surface area contributed by atoms with Crippen LogP contribution in [-0.2, 0) is 37.1 Å². The van der Waals surface area contributed by atoms with Gasteiger partial charge < -0.3 is 16.4 Å². The van der Waals surface area contributed by atoms with E-state index in [-0.39, 0.29) is 0 Å². The summed E-state index contributed by atoms with van der Waals surface area (Å²) in [5.74, 6) is 0. The van der Waals surface area contributed by atoms with Crippen molar-refractivity contribution >= 4 is 28.4 Å². The molecule has 3 aromatic carbocycles. The highest BCUT2D eigenvalue weighted by molar-refractivity contribution is 5.90. The van der Waals surface area contributed by atoms with Gasteiger partial charge in [0.1, 0.15) is 11.1 Å². The van der Waals surface area contributed by atoms with E-state index in [0.29, 0.717) is 24.3 Å². The van der Waals surface area contributed by atoms with Gasteiger partial charge in [0.25, 0.3) is 0 Å². The van der Waals surface area contributed by atoms with Gasteiger partial charge in [-0.25, -0.2) is 0 Å². The number of hydrogen-bond donors (Lipinski definition) is 2. The fourth-order valence-corrected chi connectivity index (χ4v) is 4.26. The molecule has 0 aliphatic carbocycles. The summed E-state index contributed by atoms with van der Waals surface area (Å²) in [7, 11) is 0. The molecular weight excluding hydrogens is 672 g/mol. The Kier molecular flexibility index (Phi) is 8.40. The van der Waals surface area contributed by atoms with Gasteiger partial charge in [-0.3, -0.25) is 0 Å². The summed E-state index contributed by atoms with van der Waals surface area (Å²) in [6, 6.07) is 0.682. The van der Waals surface area contributed by atoms with Gasteiger partial charge >= 0.3 is 37.1 Å². The Morgan fingerprint density at radius 1 is 0.400 bits per heavy atom. The Hall–Kier alpha value is -4.20. The number of alkyl halides is 18. The van der Waals surface area contributed by atoms with Gasteiger partial charge in [0, 0.05) is 5.69 Å². The maximum atomic E-state index is 14.3. The van der Waals surface area contributed by atoms with Crippen LogP contribution in [0.25, 0.3) is 0 Å². The van der Waals surface area contributed by atoms with Crippen LogP contribution >= 0.6 is 0 Å². The van der Waals surface area contributed by atoms with Crippen molar-refractivity contribution in [3.8, 4) is 0 Å². The van der Waals surface area contributed by atoms with Crippen LogP contribution in [0.1, 0.15) is 33.4 Å². The smallest absolute Gasteiger partial charge is 0.398 e. The highest BCUT2D eigenvalue weighted by Crippen LogP contribution is 2.59. The summed E-state index contributed by atoms with van der Waals surface area (Å²) >= 11 is 0. The lowest BCUT2D eigenvalue weighted by atomic mass is 9.92. The van der Waals surface area contributed by atoms with E-state index in [1.165, 1.54) is 0 Å². The van der Waals surface area contributed by atoms with Crippen molar-refractivity contribution in [2.24, 2.45) is 0 Å². The van der Waals surface area contributed by atoms with E-state index in [1.807, 2.05) is 0 Å². The Labute approximate surface area is 237 Å². The minimum Gasteiger partial charge on any atom is -0.398 e. The topological polar surface area (TPSA) is 55.3 Å². The summed E-state index contributed by atoms with van der Waals surface area (Å²) in [6.07, 6.45) is -38.0. The molecule has 3 nitrogen and oxygen atoms in total. The lowest BCUT2D eigenvalue weighted by Gasteiger charge is -2.36. The Balaban J connectivity index is 2.89. The molecule has 0 aliphatic heterocycles. The molecule has 0 spiro atoms. The second-order valence-corrected chi connectivity index (χ2v) is 8.88. The van der Waals surface area contributed by atoms with Gasteiger partial charge in [-0.1, -0.05) is 18.2 Å². The van der Waals surface area contributed by atoms with E-state index in [1.54, 1.807) is 0 Å². The third-order valence-electron chi connectivity index (χ3n) is 5.93. The van der Waals surface area contributed by atoms with E-state index in [4.69, 9.17) is 11.5 Å². The molecule has 3 aromatic rings. The number of nitrogens with two attached hydrogens (primary N) is 2. The number of benzene rings is 3. The standard InChI is InChI=1S/C24H11F18N3/c25-19(26,27)9-6-11(21(31,32)33)17(13(15(9)43)23(37,38)39)45(8-4-2-1-3-5-8)18-12(22(34,35)36)7-10(20(28,29)30)16(44)14(18)24(40,41)42/h1-7H,43-44H2. The lowest BCUT2D eigenvalue weighted by Crippen LogP contribution is -2.30. The first-order valence-electron chi connectivity index (χ1n) is 11.2. The first-order valence-corrected chi connectivity index (χ1v) is 11.2. The predicted molar refractivity (Wildman–Crippen MR) is 120 cm³/mol. The SMILES string of the molecule is Nc1c(C(F)(F)F)cc(C(F)(F)F)c(N(c2ccccc2)c2c(C(F)(F)F)cc(C(F)(F)F)c(N)c2C(F)(F)F)c1C(F)(F)F. The Morgan fingerprint density at radius 2 is 0.689 bits per heavy atom. The molecule has 21 heteroatoms. The van der Waals surface area contributed by atoms with Gasteiger partial charge in [-0.2, -0.15) is 79.0 Å². The second kappa shape index (κ2) is 10.7. The zero-order chi connectivity index (χ0) is 34.9. The minimum absolute atomic E-state index is 0.322. The monoisotopic (exact) mass is 683 g/mol. The number of para-hydroxylation sites is 1. The van der Waals surface area contributed by atoms with Gasteiger partial charge in [-0.15, -0.1) is 0 Å². The first-order chi connectivity index (χ1) is 20.0. The molecule has 0 amide bonds. The van der Waals surface area contributed by atoms with Crippen molar-refractivity contribution in [1.29, 1.82) is 0 Å². The maximum absolute atomic E-state index is 14.3. The van der Waals surface area contributed by atoms with Crippen LogP contribution in [0, 0.1) is 0 Å². The van der Waals surface area contributed by atoms with Crippen LogP contribution in [0.3, 0.4) is 0 Å². The predicted octanol–water partition coefficient (Wildman–Crippen LogP) is 10.4. The van der Waals surface area contributed by atoms with E-state index in [9.17, 15) is 79.0 Å². The van der Waals surface area contributed by atoms with Crippen LogP contribution in [0.5, 0.6) is 0 Å². The molecule has 0 unspecified atom stereocenters. The molecule has 45 heavy (non-hydrogen) atoms. The normalized spacial score (nSPS) is 13.7. The molecule has 0 fully saturated rings. The van der Waals surface area contributed by atoms with Crippen LogP contribution in [-0.4, -0.2) is 0 Å². The number of hydrogen-bond acceptors (Lipinski definition) is 3. The zero-order valence-corrected chi connectivity index (χ0v) is 20.9. The highest BCUT2D eigenvalue weighted by Gasteiger charge is 2.53. The summed E-state index contributed by atoms with van der Waals surface area (Å²) in [6.45, 7) is 0. The van der Waals surface area contributed by atoms with E-state index in [2.05, 4.69) is 0 Å². The van der Waals surface area contributed by atoms with Crippen LogP contribution in [0.4, 0.5) is 107 Å². The highest BCUT2D eigenvalue weighted by atomic mass is 19.4. The van der Waals surface area contributed by atoms with Gasteiger partial charge in [0.2, 0.25) is 0 Å². The van der Waals surface area contributed by atoms with Crippen molar-refractivity contribution in [2.75, 3.05) is 16.4 Å². The van der Waals surface area contributed by atoms with E-state index in [0.717, 1.165) is 6.07 Å². The number of rotatable bonds is 3. The number of halogens is 18. The Bertz CT molecular complexity index is 1470. The van der Waals surface area contributed by atoms with Crippen molar-refractivity contribution in [1.82, 2.24) is 0 Å². The second-order valence-electron chi connectivity index (χ2n) is 8.88. The zero-order valence-electron chi connectivity index (χ0n) is 20.9. The van der Waals surface area contributed by atoms with Crippen molar-refractivity contribution < 1.29 is 79.0 Å². The number of anilines is 5. The quantitative estimate of drug-likeness (QED) is 0.214. The minimum atomic E-state index is -6.48. The van der Waals surface area contributed by atoms with Gasteiger partial charge in [0.15, 0.2) is 0 Å². The molecule has 0 aromatic heterocycles. The average molecular weight is 683 g/mol. The summed E-state index contributed by atoms with van der Waals surface area (Å²) in [5, 5.41) is 0. The Morgan fingerprint density at radius 3 is 0.933 bits per heavy atom. The molecule has 0 heterocycles. The third-order valence-corrected chi connectivity index (χ3v) is 5.93. The molecule has 0 radical (unpaired) electrons. The lowest BCUT2D eigenvalue weighted by molar-refractivity contribution is -0.148. The number of nitrogens with zero attached hydrogens (tertiary/aromatic N) is 1. The molecule has 0 saturated heterocycles. The number of nitrogen functional groups attached to an aromatic ring is 2. The van der Waals surface area contributed by atoms with Gasteiger partial charge in [-0.05, 0) is 24.3 Å². The maximum Gasteiger partial charge on any atom is 0.420 e. The summed E-state index contributed by atoms with van der Waals surface area (Å²) in [4.78, 5) is -1.08.